The van der Waals surface area contributed by atoms with Gasteiger partial charge >= 0.3 is 0 Å². The van der Waals surface area contributed by atoms with Gasteiger partial charge in [0.1, 0.15) is 4.90 Å². The second-order valence-corrected chi connectivity index (χ2v) is 9.85. The first kappa shape index (κ1) is 21.5. The lowest BCUT2D eigenvalue weighted by atomic mass is 10.0. The summed E-state index contributed by atoms with van der Waals surface area (Å²) in [6.45, 7) is 9.03. The zero-order valence-corrected chi connectivity index (χ0v) is 18.4. The van der Waals surface area contributed by atoms with Crippen molar-refractivity contribution in [3.63, 3.8) is 0 Å². The Morgan fingerprint density at radius 3 is 2.55 bits per heavy atom. The largest absolute Gasteiger partial charge is 0.326 e. The molecule has 8 heteroatoms. The van der Waals surface area contributed by atoms with Crippen LogP contribution in [0.25, 0.3) is 0 Å². The van der Waals surface area contributed by atoms with E-state index in [9.17, 15) is 13.2 Å². The summed E-state index contributed by atoms with van der Waals surface area (Å²) in [5.74, 6) is 0.427. The summed E-state index contributed by atoms with van der Waals surface area (Å²) in [5.41, 5.74) is 2.90. The molecule has 1 fully saturated rings. The average molecular weight is 419 g/mol. The molecule has 0 unspecified atom stereocenters. The molecule has 1 amide bonds. The number of benzene rings is 1. The Kier molecular flexibility index (Phi) is 6.43. The molecule has 1 aromatic carbocycles. The van der Waals surface area contributed by atoms with Crippen molar-refractivity contribution in [3.05, 3.63) is 41.2 Å². The Morgan fingerprint density at radius 2 is 1.90 bits per heavy atom. The van der Waals surface area contributed by atoms with Crippen LogP contribution in [0.4, 0.5) is 5.69 Å². The van der Waals surface area contributed by atoms with Gasteiger partial charge in [0.05, 0.1) is 17.9 Å². The van der Waals surface area contributed by atoms with E-state index in [1.54, 1.807) is 22.8 Å². The highest BCUT2D eigenvalue weighted by atomic mass is 32.2. The third-order valence-electron chi connectivity index (χ3n) is 5.51. The summed E-state index contributed by atoms with van der Waals surface area (Å²) < 4.78 is 29.5. The monoisotopic (exact) mass is 418 g/mol. The Hall–Kier alpha value is -2.19. The molecule has 1 aromatic heterocycles. The van der Waals surface area contributed by atoms with Gasteiger partial charge in [-0.25, -0.2) is 8.42 Å². The number of aromatic nitrogens is 2. The van der Waals surface area contributed by atoms with Crippen LogP contribution in [-0.2, 0) is 21.4 Å². The highest BCUT2D eigenvalue weighted by molar-refractivity contribution is 7.89. The third-order valence-corrected chi connectivity index (χ3v) is 7.66. The Bertz CT molecular complexity index is 989. The van der Waals surface area contributed by atoms with Gasteiger partial charge in [-0.2, -0.15) is 9.40 Å². The molecule has 29 heavy (non-hydrogen) atoms. The third kappa shape index (κ3) is 4.87. The van der Waals surface area contributed by atoms with Crippen molar-refractivity contribution in [2.45, 2.75) is 58.4 Å². The van der Waals surface area contributed by atoms with Crippen LogP contribution in [0.1, 0.15) is 43.1 Å². The van der Waals surface area contributed by atoms with Crippen molar-refractivity contribution >= 4 is 21.6 Å². The van der Waals surface area contributed by atoms with Crippen molar-refractivity contribution in [2.75, 3.05) is 18.4 Å². The highest BCUT2D eigenvalue weighted by Gasteiger charge is 2.32. The smallest absolute Gasteiger partial charge is 0.246 e. The summed E-state index contributed by atoms with van der Waals surface area (Å²) in [5, 5.41) is 7.28. The Balaban J connectivity index is 1.70. The summed E-state index contributed by atoms with van der Waals surface area (Å²) in [4.78, 5) is 12.6. The van der Waals surface area contributed by atoms with E-state index in [2.05, 4.69) is 17.3 Å². The SMILES string of the molecule is Cc1cccc(NC(=O)CCn2nc(C)c(S(=O)(=O)N3CCC(C)CC3)c2C)c1. The molecule has 1 aliphatic rings. The maximum Gasteiger partial charge on any atom is 0.246 e. The first-order valence-electron chi connectivity index (χ1n) is 10.1. The number of hydrogen-bond donors (Lipinski definition) is 1. The van der Waals surface area contributed by atoms with Gasteiger partial charge in [-0.1, -0.05) is 19.1 Å². The van der Waals surface area contributed by atoms with E-state index in [1.165, 1.54) is 0 Å². The fourth-order valence-corrected chi connectivity index (χ4v) is 5.62. The molecule has 3 rings (SSSR count). The zero-order valence-electron chi connectivity index (χ0n) is 17.6. The first-order valence-corrected chi connectivity index (χ1v) is 11.5. The number of piperidine rings is 1. The van der Waals surface area contributed by atoms with Gasteiger partial charge in [0, 0.05) is 25.2 Å². The molecule has 0 saturated carbocycles. The quantitative estimate of drug-likeness (QED) is 0.780. The number of anilines is 1. The van der Waals surface area contributed by atoms with E-state index in [0.717, 1.165) is 24.1 Å². The molecule has 1 N–H and O–H groups in total. The minimum atomic E-state index is -3.57. The van der Waals surface area contributed by atoms with Gasteiger partial charge in [-0.05, 0) is 57.2 Å². The minimum Gasteiger partial charge on any atom is -0.326 e. The zero-order chi connectivity index (χ0) is 21.2. The Morgan fingerprint density at radius 1 is 1.21 bits per heavy atom. The number of amides is 1. The lowest BCUT2D eigenvalue weighted by Crippen LogP contribution is -2.38. The van der Waals surface area contributed by atoms with Crippen LogP contribution < -0.4 is 5.32 Å². The molecule has 0 aliphatic carbocycles. The van der Waals surface area contributed by atoms with Crippen molar-refractivity contribution < 1.29 is 13.2 Å². The molecule has 0 radical (unpaired) electrons. The topological polar surface area (TPSA) is 84.3 Å². The molecule has 1 saturated heterocycles. The normalized spacial score (nSPS) is 16.1. The minimum absolute atomic E-state index is 0.127. The Labute approximate surface area is 173 Å². The average Bonchev–Trinajstić information content (AvgIpc) is 2.94. The van der Waals surface area contributed by atoms with Crippen LogP contribution in [0, 0.1) is 26.7 Å². The fraction of sp³-hybridized carbons (Fsp3) is 0.524. The van der Waals surface area contributed by atoms with Gasteiger partial charge in [-0.15, -0.1) is 0 Å². The molecule has 0 spiro atoms. The predicted octanol–water partition coefficient (Wildman–Crippen LogP) is 3.26. The second-order valence-electron chi connectivity index (χ2n) is 7.98. The van der Waals surface area contributed by atoms with E-state index < -0.39 is 10.0 Å². The lowest BCUT2D eigenvalue weighted by molar-refractivity contribution is -0.116. The van der Waals surface area contributed by atoms with Gasteiger partial charge in [-0.3, -0.25) is 9.48 Å². The number of carbonyl (C=O) groups excluding carboxylic acids is 1. The van der Waals surface area contributed by atoms with E-state index in [0.29, 0.717) is 36.9 Å². The summed E-state index contributed by atoms with van der Waals surface area (Å²) in [6.07, 6.45) is 1.98. The summed E-state index contributed by atoms with van der Waals surface area (Å²) in [7, 11) is -3.57. The van der Waals surface area contributed by atoms with Crippen LogP contribution in [0.15, 0.2) is 29.2 Å². The van der Waals surface area contributed by atoms with Gasteiger partial charge < -0.3 is 5.32 Å². The number of nitrogens with one attached hydrogen (secondary N) is 1. The first-order chi connectivity index (χ1) is 13.7. The fourth-order valence-electron chi connectivity index (χ4n) is 3.78. The van der Waals surface area contributed by atoms with Gasteiger partial charge in [0.15, 0.2) is 0 Å². The molecule has 158 valence electrons. The van der Waals surface area contributed by atoms with Crippen LogP contribution in [-0.4, -0.2) is 41.5 Å². The molecule has 2 heterocycles. The van der Waals surface area contributed by atoms with Crippen LogP contribution in [0.5, 0.6) is 0 Å². The van der Waals surface area contributed by atoms with Crippen molar-refractivity contribution in [3.8, 4) is 0 Å². The molecule has 2 aromatic rings. The number of aryl methyl sites for hydroxylation is 3. The van der Waals surface area contributed by atoms with E-state index in [1.807, 2.05) is 31.2 Å². The standard InChI is InChI=1S/C21H30N4O3S/c1-15-8-11-24(12-9-15)29(27,28)21-17(3)23-25(18(21)4)13-10-20(26)22-19-7-5-6-16(2)14-19/h5-7,14-15H,8-13H2,1-4H3,(H,22,26). The molecule has 0 atom stereocenters. The molecule has 7 nitrogen and oxygen atoms in total. The second kappa shape index (κ2) is 8.67. The number of hydrogen-bond acceptors (Lipinski definition) is 4. The van der Waals surface area contributed by atoms with Crippen molar-refractivity contribution in [2.24, 2.45) is 5.92 Å². The number of nitrogens with zero attached hydrogens (tertiary/aromatic N) is 3. The van der Waals surface area contributed by atoms with Gasteiger partial charge in [0.25, 0.3) is 0 Å². The van der Waals surface area contributed by atoms with E-state index in [-0.39, 0.29) is 17.2 Å². The van der Waals surface area contributed by atoms with E-state index >= 15 is 0 Å². The summed E-state index contributed by atoms with van der Waals surface area (Å²) >= 11 is 0. The van der Waals surface area contributed by atoms with Crippen molar-refractivity contribution in [1.82, 2.24) is 14.1 Å². The number of carbonyl (C=O) groups is 1. The molecule has 1 aliphatic heterocycles. The summed E-state index contributed by atoms with van der Waals surface area (Å²) in [6, 6.07) is 7.62. The number of sulfonamides is 1. The molecule has 0 bridgehead atoms. The van der Waals surface area contributed by atoms with Crippen LogP contribution in [0.3, 0.4) is 0 Å². The predicted molar refractivity (Wildman–Crippen MR) is 113 cm³/mol. The lowest BCUT2D eigenvalue weighted by Gasteiger charge is -2.29. The maximum absolute atomic E-state index is 13.2. The van der Waals surface area contributed by atoms with Crippen LogP contribution >= 0.6 is 0 Å². The molecular formula is C21H30N4O3S. The highest BCUT2D eigenvalue weighted by Crippen LogP contribution is 2.27. The van der Waals surface area contributed by atoms with E-state index in [4.69, 9.17) is 0 Å². The number of rotatable bonds is 6. The van der Waals surface area contributed by atoms with Crippen LogP contribution in [0.2, 0.25) is 0 Å². The van der Waals surface area contributed by atoms with Crippen molar-refractivity contribution in [1.29, 1.82) is 0 Å². The maximum atomic E-state index is 13.2. The molecular weight excluding hydrogens is 388 g/mol. The van der Waals surface area contributed by atoms with Gasteiger partial charge in [0.2, 0.25) is 15.9 Å².